The van der Waals surface area contributed by atoms with Crippen molar-refractivity contribution in [3.05, 3.63) is 29.6 Å². The number of halogens is 1. The van der Waals surface area contributed by atoms with Crippen LogP contribution in [-0.4, -0.2) is 33.9 Å². The molecule has 1 aliphatic rings. The van der Waals surface area contributed by atoms with Crippen LogP contribution in [0.2, 0.25) is 5.02 Å². The van der Waals surface area contributed by atoms with Gasteiger partial charge in [0.05, 0.1) is 30.0 Å². The molecule has 1 aliphatic heterocycles. The van der Waals surface area contributed by atoms with Crippen molar-refractivity contribution >= 4 is 17.7 Å². The first-order chi connectivity index (χ1) is 7.72. The van der Waals surface area contributed by atoms with Crippen LogP contribution in [0.25, 0.3) is 0 Å². The Kier molecular flexibility index (Phi) is 3.14. The largest absolute Gasteiger partial charge is 0.445 e. The van der Waals surface area contributed by atoms with Crippen molar-refractivity contribution in [2.24, 2.45) is 0 Å². The summed E-state index contributed by atoms with van der Waals surface area (Å²) in [6.45, 7) is 5.38. The molecule has 0 unspecified atom stereocenters. The number of nitrogens with zero attached hydrogens (tertiary/aromatic N) is 3. The quantitative estimate of drug-likeness (QED) is 0.740. The summed E-state index contributed by atoms with van der Waals surface area (Å²) in [4.78, 5) is 13.2. The van der Waals surface area contributed by atoms with E-state index in [9.17, 15) is 4.79 Å². The van der Waals surface area contributed by atoms with Gasteiger partial charge in [0.2, 0.25) is 0 Å². The lowest BCUT2D eigenvalue weighted by molar-refractivity contribution is 0.101. The summed E-state index contributed by atoms with van der Waals surface area (Å²) in [5, 5.41) is 4.69. The van der Waals surface area contributed by atoms with Gasteiger partial charge in [0.15, 0.2) is 0 Å². The fourth-order valence-electron chi connectivity index (χ4n) is 1.59. The Bertz CT molecular complexity index is 416. The Morgan fingerprint density at radius 3 is 3.25 bits per heavy atom. The van der Waals surface area contributed by atoms with E-state index in [-0.39, 0.29) is 12.7 Å². The van der Waals surface area contributed by atoms with Gasteiger partial charge < -0.3 is 9.64 Å². The second-order valence-corrected chi connectivity index (χ2v) is 3.86. The van der Waals surface area contributed by atoms with Crippen molar-refractivity contribution in [3.8, 4) is 0 Å². The third kappa shape index (κ3) is 2.04. The maximum absolute atomic E-state index is 11.6. The van der Waals surface area contributed by atoms with Crippen molar-refractivity contribution in [1.29, 1.82) is 0 Å². The number of fused-ring (bicyclic) bond motifs is 1. The molecule has 5 nitrogen and oxygen atoms in total. The Morgan fingerprint density at radius 1 is 1.69 bits per heavy atom. The van der Waals surface area contributed by atoms with Crippen molar-refractivity contribution < 1.29 is 9.53 Å². The van der Waals surface area contributed by atoms with Crippen molar-refractivity contribution in [3.63, 3.8) is 0 Å². The van der Waals surface area contributed by atoms with E-state index in [2.05, 4.69) is 11.7 Å². The van der Waals surface area contributed by atoms with Crippen LogP contribution in [0.3, 0.4) is 0 Å². The van der Waals surface area contributed by atoms with Crippen molar-refractivity contribution in [2.45, 2.75) is 13.1 Å². The summed E-state index contributed by atoms with van der Waals surface area (Å²) in [6.07, 6.45) is 2.79. The molecule has 16 heavy (non-hydrogen) atoms. The topological polar surface area (TPSA) is 47.4 Å². The van der Waals surface area contributed by atoms with Crippen LogP contribution in [0, 0.1) is 0 Å². The van der Waals surface area contributed by atoms with Gasteiger partial charge in [-0.1, -0.05) is 24.3 Å². The molecule has 86 valence electrons. The van der Waals surface area contributed by atoms with Crippen molar-refractivity contribution in [2.75, 3.05) is 13.2 Å². The molecule has 0 saturated carbocycles. The fraction of sp³-hybridized carbons (Fsp3) is 0.400. The molecular weight excluding hydrogens is 230 g/mol. The van der Waals surface area contributed by atoms with Crippen LogP contribution >= 0.6 is 11.6 Å². The number of rotatable bonds is 2. The first-order valence-electron chi connectivity index (χ1n) is 4.95. The van der Waals surface area contributed by atoms with Gasteiger partial charge in [-0.2, -0.15) is 5.10 Å². The molecule has 1 aromatic heterocycles. The highest BCUT2D eigenvalue weighted by Crippen LogP contribution is 2.20. The first kappa shape index (κ1) is 11.0. The molecule has 0 spiro atoms. The highest BCUT2D eigenvalue weighted by molar-refractivity contribution is 6.31. The lowest BCUT2D eigenvalue weighted by Crippen LogP contribution is -2.38. The Balaban J connectivity index is 2.04. The maximum Gasteiger partial charge on any atom is 0.410 e. The number of ether oxygens (including phenoxy) is 1. The number of amides is 1. The summed E-state index contributed by atoms with van der Waals surface area (Å²) in [6, 6.07) is 0. The van der Waals surface area contributed by atoms with E-state index in [4.69, 9.17) is 16.3 Å². The molecule has 2 rings (SSSR count). The van der Waals surface area contributed by atoms with Crippen LogP contribution in [-0.2, 0) is 17.8 Å². The second kappa shape index (κ2) is 4.57. The summed E-state index contributed by atoms with van der Waals surface area (Å²) in [5.41, 5.74) is 0.850. The predicted octanol–water partition coefficient (Wildman–Crippen LogP) is 1.67. The van der Waals surface area contributed by atoms with Crippen LogP contribution in [0.1, 0.15) is 5.69 Å². The zero-order valence-electron chi connectivity index (χ0n) is 8.73. The molecule has 0 radical (unpaired) electrons. The monoisotopic (exact) mass is 241 g/mol. The van der Waals surface area contributed by atoms with Gasteiger partial charge in [-0.05, 0) is 0 Å². The number of carbonyl (C=O) groups excluding carboxylic acids is 1. The van der Waals surface area contributed by atoms with E-state index in [1.54, 1.807) is 21.9 Å². The van der Waals surface area contributed by atoms with Gasteiger partial charge in [-0.25, -0.2) is 4.79 Å². The average Bonchev–Trinajstić information content (AvgIpc) is 2.67. The molecule has 0 bridgehead atoms. The highest BCUT2D eigenvalue weighted by Gasteiger charge is 2.23. The molecule has 0 atom stereocenters. The molecule has 1 amide bonds. The normalized spacial score (nSPS) is 14.4. The Hall–Kier alpha value is -1.49. The standard InChI is InChI=1S/C10H12ClN3O2/c1-2-5-16-10(15)13-3-4-14-9(7-13)8(11)6-12-14/h2,6H,1,3-5,7H2. The number of carbonyl (C=O) groups is 1. The van der Waals surface area contributed by atoms with E-state index in [1.807, 2.05) is 0 Å². The summed E-state index contributed by atoms with van der Waals surface area (Å²) >= 11 is 5.95. The van der Waals surface area contributed by atoms with Gasteiger partial charge >= 0.3 is 6.09 Å². The van der Waals surface area contributed by atoms with E-state index in [0.717, 1.165) is 5.69 Å². The Labute approximate surface area is 98.2 Å². The van der Waals surface area contributed by atoms with E-state index in [0.29, 0.717) is 24.7 Å². The highest BCUT2D eigenvalue weighted by atomic mass is 35.5. The van der Waals surface area contributed by atoms with E-state index in [1.165, 1.54) is 0 Å². The fourth-order valence-corrected chi connectivity index (χ4v) is 1.79. The number of aromatic nitrogens is 2. The minimum absolute atomic E-state index is 0.225. The summed E-state index contributed by atoms with van der Waals surface area (Å²) < 4.78 is 6.76. The molecule has 0 saturated heterocycles. The lowest BCUT2D eigenvalue weighted by atomic mass is 10.3. The number of hydrogen-bond acceptors (Lipinski definition) is 3. The Morgan fingerprint density at radius 2 is 2.50 bits per heavy atom. The zero-order chi connectivity index (χ0) is 11.5. The van der Waals surface area contributed by atoms with Gasteiger partial charge in [0.1, 0.15) is 6.61 Å². The van der Waals surface area contributed by atoms with Crippen LogP contribution < -0.4 is 0 Å². The van der Waals surface area contributed by atoms with Gasteiger partial charge in [0, 0.05) is 6.54 Å². The van der Waals surface area contributed by atoms with Crippen molar-refractivity contribution in [1.82, 2.24) is 14.7 Å². The SMILES string of the molecule is C=CCOC(=O)N1CCn2ncc(Cl)c2C1. The molecule has 0 aromatic carbocycles. The molecule has 0 aliphatic carbocycles. The van der Waals surface area contributed by atoms with Crippen LogP contribution in [0.4, 0.5) is 4.79 Å². The third-order valence-electron chi connectivity index (χ3n) is 2.40. The molecule has 0 fully saturated rings. The van der Waals surface area contributed by atoms with Gasteiger partial charge in [0.25, 0.3) is 0 Å². The maximum atomic E-state index is 11.6. The molecule has 0 N–H and O–H groups in total. The smallest absolute Gasteiger partial charge is 0.410 e. The molecule has 2 heterocycles. The minimum atomic E-state index is -0.344. The summed E-state index contributed by atoms with van der Waals surface area (Å²) in [7, 11) is 0. The van der Waals surface area contributed by atoms with Gasteiger partial charge in [-0.3, -0.25) is 4.68 Å². The molecule has 6 heteroatoms. The summed E-state index contributed by atoms with van der Waals surface area (Å²) in [5.74, 6) is 0. The van der Waals surface area contributed by atoms with Crippen LogP contribution in [0.15, 0.2) is 18.9 Å². The average molecular weight is 242 g/mol. The second-order valence-electron chi connectivity index (χ2n) is 3.45. The first-order valence-corrected chi connectivity index (χ1v) is 5.33. The molecule has 1 aromatic rings. The van der Waals surface area contributed by atoms with E-state index < -0.39 is 0 Å². The minimum Gasteiger partial charge on any atom is -0.445 e. The lowest BCUT2D eigenvalue weighted by Gasteiger charge is -2.26. The van der Waals surface area contributed by atoms with Gasteiger partial charge in [-0.15, -0.1) is 0 Å². The number of hydrogen-bond donors (Lipinski definition) is 0. The third-order valence-corrected chi connectivity index (χ3v) is 2.72. The van der Waals surface area contributed by atoms with Crippen LogP contribution in [0.5, 0.6) is 0 Å². The van der Waals surface area contributed by atoms with E-state index >= 15 is 0 Å². The predicted molar refractivity (Wildman–Crippen MR) is 59.2 cm³/mol. The molecular formula is C10H12ClN3O2. The zero-order valence-corrected chi connectivity index (χ0v) is 9.48.